The predicted molar refractivity (Wildman–Crippen MR) is 81.0 cm³/mol. The van der Waals surface area contributed by atoms with E-state index in [0.717, 1.165) is 25.9 Å². The highest BCUT2D eigenvalue weighted by Crippen LogP contribution is 2.23. The summed E-state index contributed by atoms with van der Waals surface area (Å²) in [7, 11) is 0. The number of aryl methyl sites for hydroxylation is 1. The van der Waals surface area contributed by atoms with Gasteiger partial charge >= 0.3 is 0 Å². The summed E-state index contributed by atoms with van der Waals surface area (Å²) in [5.74, 6) is 2.30. The average molecular weight is 303 g/mol. The van der Waals surface area contributed by atoms with Crippen LogP contribution in [-0.2, 0) is 11.2 Å². The Balaban J connectivity index is 1.65. The van der Waals surface area contributed by atoms with Crippen LogP contribution in [0.4, 0.5) is 0 Å². The molecule has 6 heteroatoms. The first kappa shape index (κ1) is 14.8. The zero-order chi connectivity index (χ0) is 15.5. The molecule has 0 saturated carbocycles. The minimum absolute atomic E-state index is 0.0952. The topological polar surface area (TPSA) is 85.5 Å². The number of likely N-dealkylation sites (tertiary alicyclic amines) is 1. The number of amides is 1. The number of furan rings is 1. The minimum atomic E-state index is 0.0952. The van der Waals surface area contributed by atoms with Crippen LogP contribution in [0.1, 0.15) is 24.3 Å². The van der Waals surface area contributed by atoms with Crippen LogP contribution in [0.15, 0.2) is 27.2 Å². The van der Waals surface area contributed by atoms with Crippen LogP contribution in [0.5, 0.6) is 0 Å². The summed E-state index contributed by atoms with van der Waals surface area (Å²) in [4.78, 5) is 18.7. The summed E-state index contributed by atoms with van der Waals surface area (Å²) in [5, 5.41) is 0. The highest BCUT2D eigenvalue weighted by molar-refractivity contribution is 5.78. The molecular formula is C16H21N3O3. The maximum atomic E-state index is 12.4. The van der Waals surface area contributed by atoms with E-state index in [1.165, 1.54) is 0 Å². The van der Waals surface area contributed by atoms with Crippen molar-refractivity contribution in [1.29, 1.82) is 0 Å². The third-order valence-electron chi connectivity index (χ3n) is 4.24. The number of nitrogens with zero attached hydrogens (tertiary/aromatic N) is 2. The van der Waals surface area contributed by atoms with Gasteiger partial charge in [-0.15, -0.1) is 0 Å². The first-order valence-electron chi connectivity index (χ1n) is 7.65. The first-order chi connectivity index (χ1) is 10.7. The van der Waals surface area contributed by atoms with Crippen molar-refractivity contribution in [2.45, 2.75) is 26.2 Å². The van der Waals surface area contributed by atoms with Gasteiger partial charge in [-0.1, -0.05) is 0 Å². The van der Waals surface area contributed by atoms with Crippen LogP contribution in [-0.4, -0.2) is 35.4 Å². The van der Waals surface area contributed by atoms with E-state index in [2.05, 4.69) is 4.98 Å². The molecule has 0 bridgehead atoms. The monoisotopic (exact) mass is 303 g/mol. The second-order valence-electron chi connectivity index (χ2n) is 5.74. The molecule has 6 nitrogen and oxygen atoms in total. The van der Waals surface area contributed by atoms with Gasteiger partial charge in [-0.3, -0.25) is 4.79 Å². The van der Waals surface area contributed by atoms with Gasteiger partial charge in [-0.2, -0.15) is 0 Å². The number of carbonyl (C=O) groups excluding carboxylic acids is 1. The Hall–Kier alpha value is -2.08. The maximum Gasteiger partial charge on any atom is 0.263 e. The van der Waals surface area contributed by atoms with Gasteiger partial charge in [-0.05, 0) is 44.4 Å². The summed E-state index contributed by atoms with van der Waals surface area (Å²) >= 11 is 0. The fourth-order valence-corrected chi connectivity index (χ4v) is 2.77. The van der Waals surface area contributed by atoms with Gasteiger partial charge in [0.05, 0.1) is 18.4 Å². The van der Waals surface area contributed by atoms with Crippen LogP contribution in [0, 0.1) is 12.8 Å². The zero-order valence-corrected chi connectivity index (χ0v) is 12.7. The molecule has 1 aliphatic heterocycles. The van der Waals surface area contributed by atoms with Crippen LogP contribution < -0.4 is 5.73 Å². The zero-order valence-electron chi connectivity index (χ0n) is 12.7. The average Bonchev–Trinajstić information content (AvgIpc) is 3.18. The van der Waals surface area contributed by atoms with Crippen LogP contribution in [0.3, 0.4) is 0 Å². The van der Waals surface area contributed by atoms with Crippen molar-refractivity contribution in [2.75, 3.05) is 19.6 Å². The van der Waals surface area contributed by atoms with E-state index in [1.54, 1.807) is 18.4 Å². The third kappa shape index (κ3) is 3.06. The molecule has 0 spiro atoms. The molecule has 0 unspecified atom stereocenters. The number of nitrogens with two attached hydrogens (primary N) is 1. The Labute approximate surface area is 129 Å². The van der Waals surface area contributed by atoms with E-state index in [1.807, 2.05) is 11.8 Å². The smallest absolute Gasteiger partial charge is 0.263 e. The van der Waals surface area contributed by atoms with Gasteiger partial charge in [0, 0.05) is 13.1 Å². The molecule has 0 radical (unpaired) electrons. The molecular weight excluding hydrogens is 282 g/mol. The van der Waals surface area contributed by atoms with Gasteiger partial charge in [0.1, 0.15) is 5.76 Å². The van der Waals surface area contributed by atoms with Crippen molar-refractivity contribution in [3.05, 3.63) is 29.9 Å². The first-order valence-corrected chi connectivity index (χ1v) is 7.65. The number of hydrogen-bond donors (Lipinski definition) is 1. The van der Waals surface area contributed by atoms with Gasteiger partial charge in [0.15, 0.2) is 5.76 Å². The summed E-state index contributed by atoms with van der Waals surface area (Å²) in [6.07, 6.45) is 3.81. The molecule has 0 atom stereocenters. The molecule has 1 amide bonds. The molecule has 1 fully saturated rings. The molecule has 3 rings (SSSR count). The highest BCUT2D eigenvalue weighted by Gasteiger charge is 2.24. The van der Waals surface area contributed by atoms with E-state index in [-0.39, 0.29) is 12.3 Å². The lowest BCUT2D eigenvalue weighted by molar-refractivity contribution is -0.131. The van der Waals surface area contributed by atoms with Gasteiger partial charge in [0.25, 0.3) is 5.89 Å². The normalized spacial score (nSPS) is 16.2. The fourth-order valence-electron chi connectivity index (χ4n) is 2.77. The minimum Gasteiger partial charge on any atom is -0.459 e. The van der Waals surface area contributed by atoms with E-state index in [9.17, 15) is 4.79 Å². The van der Waals surface area contributed by atoms with Crippen LogP contribution in [0.25, 0.3) is 11.7 Å². The third-order valence-corrected chi connectivity index (χ3v) is 4.24. The van der Waals surface area contributed by atoms with Gasteiger partial charge in [0.2, 0.25) is 5.91 Å². The molecule has 118 valence electrons. The Morgan fingerprint density at radius 3 is 2.86 bits per heavy atom. The van der Waals surface area contributed by atoms with E-state index >= 15 is 0 Å². The molecule has 0 aromatic carbocycles. The molecule has 0 aliphatic carbocycles. The fraction of sp³-hybridized carbons (Fsp3) is 0.500. The van der Waals surface area contributed by atoms with E-state index < -0.39 is 0 Å². The maximum absolute atomic E-state index is 12.4. The lowest BCUT2D eigenvalue weighted by Crippen LogP contribution is -2.40. The largest absolute Gasteiger partial charge is 0.459 e. The number of rotatable bonds is 4. The van der Waals surface area contributed by atoms with Gasteiger partial charge < -0.3 is 19.5 Å². The second kappa shape index (κ2) is 6.36. The van der Waals surface area contributed by atoms with Crippen LogP contribution in [0.2, 0.25) is 0 Å². The number of piperidine rings is 1. The molecule has 2 aromatic rings. The summed E-state index contributed by atoms with van der Waals surface area (Å²) < 4.78 is 10.9. The second-order valence-corrected chi connectivity index (χ2v) is 5.74. The molecule has 2 aromatic heterocycles. The number of oxazole rings is 1. The van der Waals surface area contributed by atoms with Crippen molar-refractivity contribution in [1.82, 2.24) is 9.88 Å². The Kier molecular flexibility index (Phi) is 4.29. The molecule has 2 N–H and O–H groups in total. The Bertz CT molecular complexity index is 625. The molecule has 1 aliphatic rings. The van der Waals surface area contributed by atoms with Crippen molar-refractivity contribution >= 4 is 5.91 Å². The molecule has 3 heterocycles. The quantitative estimate of drug-likeness (QED) is 0.933. The summed E-state index contributed by atoms with van der Waals surface area (Å²) in [6, 6.07) is 3.57. The standard InChI is InChI=1S/C16H21N3O3/c1-11-13(18-16(22-11)14-3-2-8-21-14)9-15(20)19-6-4-12(10-17)5-7-19/h2-3,8,12H,4-7,9-10,17H2,1H3. The number of carbonyl (C=O) groups is 1. The van der Waals surface area contributed by atoms with Crippen molar-refractivity contribution in [3.63, 3.8) is 0 Å². The SMILES string of the molecule is Cc1oc(-c2ccco2)nc1CC(=O)N1CCC(CN)CC1. The Morgan fingerprint density at radius 2 is 2.23 bits per heavy atom. The van der Waals surface area contributed by atoms with Crippen molar-refractivity contribution in [3.8, 4) is 11.7 Å². The summed E-state index contributed by atoms with van der Waals surface area (Å²) in [6.45, 7) is 4.09. The summed E-state index contributed by atoms with van der Waals surface area (Å²) in [5.41, 5.74) is 6.36. The predicted octanol–water partition coefficient (Wildman–Crippen LogP) is 1.98. The Morgan fingerprint density at radius 1 is 1.45 bits per heavy atom. The highest BCUT2D eigenvalue weighted by atomic mass is 16.4. The number of aromatic nitrogens is 1. The number of hydrogen-bond acceptors (Lipinski definition) is 5. The van der Waals surface area contributed by atoms with E-state index in [4.69, 9.17) is 14.6 Å². The molecule has 1 saturated heterocycles. The lowest BCUT2D eigenvalue weighted by Gasteiger charge is -2.31. The lowest BCUT2D eigenvalue weighted by atomic mass is 9.97. The van der Waals surface area contributed by atoms with E-state index in [0.29, 0.717) is 35.6 Å². The van der Waals surface area contributed by atoms with Gasteiger partial charge in [-0.25, -0.2) is 4.98 Å². The van der Waals surface area contributed by atoms with Crippen LogP contribution >= 0.6 is 0 Å². The van der Waals surface area contributed by atoms with Crippen molar-refractivity contribution in [2.24, 2.45) is 11.7 Å². The molecule has 22 heavy (non-hydrogen) atoms. The van der Waals surface area contributed by atoms with Crippen molar-refractivity contribution < 1.29 is 13.6 Å².